The van der Waals surface area contributed by atoms with Crippen molar-refractivity contribution in [3.63, 3.8) is 0 Å². The molecular formula is C10H13NO4. The summed E-state index contributed by atoms with van der Waals surface area (Å²) >= 11 is 0. The maximum Gasteiger partial charge on any atom is 0.274 e. The molecular weight excluding hydrogens is 198 g/mol. The van der Waals surface area contributed by atoms with Crippen LogP contribution in [-0.4, -0.2) is 21.4 Å². The highest BCUT2D eigenvalue weighted by molar-refractivity contribution is 6.05. The Bertz CT molecular complexity index is 415. The second-order valence-corrected chi connectivity index (χ2v) is 3.88. The molecule has 0 saturated carbocycles. The van der Waals surface area contributed by atoms with E-state index in [2.05, 4.69) is 0 Å². The molecule has 0 saturated heterocycles. The first kappa shape index (κ1) is 11.6. The number of Topliss-reactive ketones (excluding diaryl/α,β-unsaturated/α-hetero) is 1. The molecule has 15 heavy (non-hydrogen) atoms. The zero-order chi connectivity index (χ0) is 12.0. The van der Waals surface area contributed by atoms with Gasteiger partial charge < -0.3 is 5.11 Å². The molecule has 0 heterocycles. The van der Waals surface area contributed by atoms with Gasteiger partial charge in [-0.2, -0.15) is 0 Å². The lowest BCUT2D eigenvalue weighted by atomic mass is 9.79. The van der Waals surface area contributed by atoms with Gasteiger partial charge in [0.05, 0.1) is 4.92 Å². The molecule has 0 aromatic heterocycles. The van der Waals surface area contributed by atoms with Crippen molar-refractivity contribution in [2.75, 3.05) is 0 Å². The quantitative estimate of drug-likeness (QED) is 0.522. The van der Waals surface area contributed by atoms with E-state index in [4.69, 9.17) is 0 Å². The molecule has 0 radical (unpaired) electrons. The molecule has 1 unspecified atom stereocenters. The van der Waals surface area contributed by atoms with E-state index in [1.807, 2.05) is 0 Å². The van der Waals surface area contributed by atoms with Gasteiger partial charge in [-0.05, 0) is 27.7 Å². The van der Waals surface area contributed by atoms with Gasteiger partial charge in [0.15, 0.2) is 11.4 Å². The fourth-order valence-electron chi connectivity index (χ4n) is 1.67. The van der Waals surface area contributed by atoms with Crippen molar-refractivity contribution in [2.24, 2.45) is 0 Å². The van der Waals surface area contributed by atoms with Gasteiger partial charge in [-0.1, -0.05) is 0 Å². The van der Waals surface area contributed by atoms with Crippen LogP contribution in [0.2, 0.25) is 0 Å². The van der Waals surface area contributed by atoms with Gasteiger partial charge in [0.25, 0.3) is 5.70 Å². The Morgan fingerprint density at radius 3 is 2.13 bits per heavy atom. The van der Waals surface area contributed by atoms with Crippen LogP contribution in [0, 0.1) is 10.1 Å². The molecule has 0 fully saturated rings. The summed E-state index contributed by atoms with van der Waals surface area (Å²) in [6.07, 6.45) is 0. The Hall–Kier alpha value is -1.49. The van der Waals surface area contributed by atoms with Crippen LogP contribution in [0.15, 0.2) is 22.4 Å². The normalized spacial score (nSPS) is 27.4. The van der Waals surface area contributed by atoms with Gasteiger partial charge >= 0.3 is 0 Å². The van der Waals surface area contributed by atoms with Crippen molar-refractivity contribution in [1.29, 1.82) is 0 Å². The van der Waals surface area contributed by atoms with Crippen LogP contribution in [0.4, 0.5) is 0 Å². The Kier molecular flexibility index (Phi) is 2.53. The summed E-state index contributed by atoms with van der Waals surface area (Å²) in [5.74, 6) is -0.469. The van der Waals surface area contributed by atoms with Crippen LogP contribution in [0.5, 0.6) is 0 Å². The molecule has 0 amide bonds. The van der Waals surface area contributed by atoms with Gasteiger partial charge in [0.2, 0.25) is 0 Å². The molecule has 1 N–H and O–H groups in total. The highest BCUT2D eigenvalue weighted by Crippen LogP contribution is 2.34. The molecule has 1 aliphatic carbocycles. The Labute approximate surface area is 87.2 Å². The third-order valence-corrected chi connectivity index (χ3v) is 2.97. The van der Waals surface area contributed by atoms with Crippen molar-refractivity contribution in [3.05, 3.63) is 32.5 Å². The van der Waals surface area contributed by atoms with E-state index in [-0.39, 0.29) is 16.8 Å². The minimum absolute atomic E-state index is 0.0978. The number of ketones is 1. The maximum atomic E-state index is 11.7. The first-order chi connectivity index (χ1) is 6.71. The minimum atomic E-state index is -1.76. The summed E-state index contributed by atoms with van der Waals surface area (Å²) in [4.78, 5) is 21.9. The predicted octanol–water partition coefficient (Wildman–Crippen LogP) is 1.21. The molecule has 5 nitrogen and oxygen atoms in total. The Morgan fingerprint density at radius 2 is 1.73 bits per heavy atom. The van der Waals surface area contributed by atoms with Crippen LogP contribution in [0.3, 0.4) is 0 Å². The van der Waals surface area contributed by atoms with Gasteiger partial charge in [0, 0.05) is 16.7 Å². The van der Waals surface area contributed by atoms with E-state index >= 15 is 0 Å². The van der Waals surface area contributed by atoms with E-state index in [0.29, 0.717) is 5.57 Å². The molecule has 1 rings (SSSR count). The highest BCUT2D eigenvalue weighted by atomic mass is 16.6. The fourth-order valence-corrected chi connectivity index (χ4v) is 1.67. The second-order valence-electron chi connectivity index (χ2n) is 3.88. The summed E-state index contributed by atoms with van der Waals surface area (Å²) in [6.45, 7) is 5.70. The summed E-state index contributed by atoms with van der Waals surface area (Å²) < 4.78 is 0. The standard InChI is InChI=1S/C10H13NO4/c1-5-6(2)9(12)10(4,13)7(3)8(5)11(14)15/h13H,1-4H3. The van der Waals surface area contributed by atoms with Crippen LogP contribution in [0.25, 0.3) is 0 Å². The van der Waals surface area contributed by atoms with E-state index in [0.717, 1.165) is 0 Å². The largest absolute Gasteiger partial charge is 0.377 e. The number of hydrogen-bond donors (Lipinski definition) is 1. The first-order valence-corrected chi connectivity index (χ1v) is 4.52. The fraction of sp³-hybridized carbons (Fsp3) is 0.500. The summed E-state index contributed by atoms with van der Waals surface area (Å²) in [7, 11) is 0. The van der Waals surface area contributed by atoms with Crippen molar-refractivity contribution in [3.8, 4) is 0 Å². The van der Waals surface area contributed by atoms with Gasteiger partial charge in [0.1, 0.15) is 0 Å². The topological polar surface area (TPSA) is 80.4 Å². The molecule has 1 atom stereocenters. The van der Waals surface area contributed by atoms with Crippen LogP contribution >= 0.6 is 0 Å². The average Bonchev–Trinajstić information content (AvgIpc) is 2.12. The molecule has 0 aliphatic heterocycles. The van der Waals surface area contributed by atoms with E-state index in [1.54, 1.807) is 0 Å². The number of aliphatic hydroxyl groups is 1. The maximum absolute atomic E-state index is 11.7. The molecule has 0 aromatic carbocycles. The number of nitrogens with zero attached hydrogens (tertiary/aromatic N) is 1. The van der Waals surface area contributed by atoms with Gasteiger partial charge in [-0.15, -0.1) is 0 Å². The number of carbonyl (C=O) groups excluding carboxylic acids is 1. The third-order valence-electron chi connectivity index (χ3n) is 2.97. The molecule has 5 heteroatoms. The Morgan fingerprint density at radius 1 is 1.27 bits per heavy atom. The minimum Gasteiger partial charge on any atom is -0.377 e. The predicted molar refractivity (Wildman–Crippen MR) is 53.7 cm³/mol. The van der Waals surface area contributed by atoms with Crippen molar-refractivity contribution in [1.82, 2.24) is 0 Å². The van der Waals surface area contributed by atoms with Crippen molar-refractivity contribution in [2.45, 2.75) is 33.3 Å². The van der Waals surface area contributed by atoms with Gasteiger partial charge in [-0.3, -0.25) is 14.9 Å². The van der Waals surface area contributed by atoms with Gasteiger partial charge in [-0.25, -0.2) is 0 Å². The smallest absolute Gasteiger partial charge is 0.274 e. The lowest BCUT2D eigenvalue weighted by Crippen LogP contribution is -2.41. The first-order valence-electron chi connectivity index (χ1n) is 4.52. The zero-order valence-corrected chi connectivity index (χ0v) is 9.12. The Balaban J connectivity index is 3.55. The monoisotopic (exact) mass is 211 g/mol. The highest BCUT2D eigenvalue weighted by Gasteiger charge is 2.43. The number of allylic oxidation sites excluding steroid dienone is 1. The van der Waals surface area contributed by atoms with Crippen molar-refractivity contribution < 1.29 is 14.8 Å². The van der Waals surface area contributed by atoms with E-state index < -0.39 is 16.3 Å². The molecule has 82 valence electrons. The SMILES string of the molecule is CC1=C(C)C([N+](=O)[O-])=C(C)C(C)(O)C1=O. The molecule has 0 aromatic rings. The summed E-state index contributed by atoms with van der Waals surface area (Å²) in [5, 5.41) is 20.7. The lowest BCUT2D eigenvalue weighted by molar-refractivity contribution is -0.423. The van der Waals surface area contributed by atoms with Crippen LogP contribution < -0.4 is 0 Å². The van der Waals surface area contributed by atoms with Crippen molar-refractivity contribution >= 4 is 5.78 Å². The molecule has 0 bridgehead atoms. The second kappa shape index (κ2) is 3.27. The molecule has 0 spiro atoms. The number of hydrogen-bond acceptors (Lipinski definition) is 4. The number of nitro groups is 1. The third kappa shape index (κ3) is 1.48. The zero-order valence-electron chi connectivity index (χ0n) is 9.12. The van der Waals surface area contributed by atoms with Crippen LogP contribution in [-0.2, 0) is 4.79 Å². The van der Waals surface area contributed by atoms with Crippen LogP contribution in [0.1, 0.15) is 27.7 Å². The summed E-state index contributed by atoms with van der Waals surface area (Å²) in [5.41, 5.74) is -1.24. The summed E-state index contributed by atoms with van der Waals surface area (Å²) in [6, 6.07) is 0. The molecule has 1 aliphatic rings. The lowest BCUT2D eigenvalue weighted by Gasteiger charge is -2.27. The average molecular weight is 211 g/mol. The number of carbonyl (C=O) groups is 1. The van der Waals surface area contributed by atoms with E-state index in [1.165, 1.54) is 27.7 Å². The van der Waals surface area contributed by atoms with E-state index in [9.17, 15) is 20.0 Å². The number of rotatable bonds is 1.